The Morgan fingerprint density at radius 2 is 2.21 bits per heavy atom. The zero-order chi connectivity index (χ0) is 10.1. The predicted molar refractivity (Wildman–Crippen MR) is 58.1 cm³/mol. The minimum Gasteiger partial charge on any atom is -0.375 e. The summed E-state index contributed by atoms with van der Waals surface area (Å²) < 4.78 is 2.10. The van der Waals surface area contributed by atoms with Crippen LogP contribution >= 0.6 is 11.3 Å². The molecule has 0 unspecified atom stereocenters. The molecular formula is C9H12N4S. The van der Waals surface area contributed by atoms with Gasteiger partial charge in [0.25, 0.3) is 0 Å². The van der Waals surface area contributed by atoms with Crippen molar-refractivity contribution in [2.24, 2.45) is 0 Å². The molecule has 0 fully saturated rings. The Kier molecular flexibility index (Phi) is 2.25. The minimum atomic E-state index is 0.399. The average Bonchev–Trinajstić information content (AvgIpc) is 2.70. The molecule has 5 heteroatoms. The van der Waals surface area contributed by atoms with Crippen molar-refractivity contribution in [2.75, 3.05) is 5.73 Å². The first-order chi connectivity index (χ1) is 6.68. The van der Waals surface area contributed by atoms with Gasteiger partial charge < -0.3 is 10.3 Å². The number of rotatable bonds is 2. The Hall–Kier alpha value is -1.36. The Balaban J connectivity index is 2.46. The molecule has 2 aromatic heterocycles. The molecule has 0 saturated heterocycles. The van der Waals surface area contributed by atoms with Crippen LogP contribution in [0.2, 0.25) is 0 Å². The van der Waals surface area contributed by atoms with Crippen molar-refractivity contribution in [2.45, 2.75) is 19.9 Å². The van der Waals surface area contributed by atoms with Crippen molar-refractivity contribution in [3.05, 3.63) is 18.7 Å². The van der Waals surface area contributed by atoms with E-state index in [1.54, 1.807) is 6.20 Å². The Labute approximate surface area is 86.4 Å². The molecule has 0 aromatic carbocycles. The summed E-state index contributed by atoms with van der Waals surface area (Å²) in [6.07, 6.45) is 5.46. The lowest BCUT2D eigenvalue weighted by molar-refractivity contribution is 0.606. The molecule has 0 spiro atoms. The first-order valence-corrected chi connectivity index (χ1v) is 5.23. The molecule has 0 atom stereocenters. The Morgan fingerprint density at radius 1 is 1.43 bits per heavy atom. The standard InChI is InChI=1S/C9H12N4S/c1-6(2)13-5-11-3-7(13)8-4-12-9(10)14-8/h3-6H,1-2H3,(H2,10,12). The van der Waals surface area contributed by atoms with Gasteiger partial charge in [-0.3, -0.25) is 0 Å². The highest BCUT2D eigenvalue weighted by Gasteiger charge is 2.09. The van der Waals surface area contributed by atoms with Crippen LogP contribution in [0.4, 0.5) is 5.13 Å². The monoisotopic (exact) mass is 208 g/mol. The van der Waals surface area contributed by atoms with Gasteiger partial charge in [0.2, 0.25) is 0 Å². The number of nitrogens with two attached hydrogens (primary N) is 1. The van der Waals surface area contributed by atoms with Gasteiger partial charge in [-0.05, 0) is 13.8 Å². The van der Waals surface area contributed by atoms with Gasteiger partial charge in [0.1, 0.15) is 0 Å². The van der Waals surface area contributed by atoms with E-state index in [1.165, 1.54) is 11.3 Å². The summed E-state index contributed by atoms with van der Waals surface area (Å²) in [7, 11) is 0. The molecular weight excluding hydrogens is 196 g/mol. The highest BCUT2D eigenvalue weighted by Crippen LogP contribution is 2.28. The van der Waals surface area contributed by atoms with Crippen LogP contribution < -0.4 is 5.73 Å². The molecule has 4 nitrogen and oxygen atoms in total. The first kappa shape index (κ1) is 9.21. The third kappa shape index (κ3) is 1.50. The average molecular weight is 208 g/mol. The van der Waals surface area contributed by atoms with E-state index in [9.17, 15) is 0 Å². The molecule has 0 radical (unpaired) electrons. The highest BCUT2D eigenvalue weighted by atomic mass is 32.1. The Morgan fingerprint density at radius 3 is 2.79 bits per heavy atom. The van der Waals surface area contributed by atoms with Crippen molar-refractivity contribution in [1.29, 1.82) is 0 Å². The maximum atomic E-state index is 5.59. The lowest BCUT2D eigenvalue weighted by Crippen LogP contribution is -1.99. The summed E-state index contributed by atoms with van der Waals surface area (Å²) in [6, 6.07) is 0.399. The quantitative estimate of drug-likeness (QED) is 0.822. The van der Waals surface area contributed by atoms with E-state index in [-0.39, 0.29) is 0 Å². The fourth-order valence-electron chi connectivity index (χ4n) is 1.31. The van der Waals surface area contributed by atoms with E-state index in [1.807, 2.05) is 12.5 Å². The summed E-state index contributed by atoms with van der Waals surface area (Å²) in [5.41, 5.74) is 6.67. The second-order valence-electron chi connectivity index (χ2n) is 3.34. The van der Waals surface area contributed by atoms with Crippen molar-refractivity contribution < 1.29 is 0 Å². The summed E-state index contributed by atoms with van der Waals surface area (Å²) in [4.78, 5) is 9.22. The minimum absolute atomic E-state index is 0.399. The third-order valence-corrected chi connectivity index (χ3v) is 2.85. The summed E-state index contributed by atoms with van der Waals surface area (Å²) >= 11 is 1.48. The van der Waals surface area contributed by atoms with Crippen LogP contribution in [0.3, 0.4) is 0 Å². The molecule has 0 saturated carbocycles. The molecule has 0 amide bonds. The lowest BCUT2D eigenvalue weighted by Gasteiger charge is -2.09. The fourth-order valence-corrected chi connectivity index (χ4v) is 2.01. The number of thiazole rings is 1. The van der Waals surface area contributed by atoms with E-state index in [2.05, 4.69) is 28.4 Å². The smallest absolute Gasteiger partial charge is 0.180 e. The maximum Gasteiger partial charge on any atom is 0.180 e. The summed E-state index contributed by atoms with van der Waals surface area (Å²) in [5.74, 6) is 0. The second kappa shape index (κ2) is 3.42. The largest absolute Gasteiger partial charge is 0.375 e. The van der Waals surface area contributed by atoms with Crippen molar-refractivity contribution in [3.63, 3.8) is 0 Å². The van der Waals surface area contributed by atoms with Crippen LogP contribution in [-0.2, 0) is 0 Å². The number of aromatic nitrogens is 3. The van der Waals surface area contributed by atoms with E-state index in [0.717, 1.165) is 10.6 Å². The topological polar surface area (TPSA) is 56.7 Å². The molecule has 0 aliphatic heterocycles. The number of nitrogens with zero attached hydrogens (tertiary/aromatic N) is 3. The van der Waals surface area contributed by atoms with Crippen LogP contribution in [0.25, 0.3) is 10.6 Å². The number of nitrogen functional groups attached to an aromatic ring is 1. The van der Waals surface area contributed by atoms with Gasteiger partial charge in [0.15, 0.2) is 5.13 Å². The zero-order valence-electron chi connectivity index (χ0n) is 8.14. The molecule has 74 valence electrons. The van der Waals surface area contributed by atoms with Gasteiger partial charge in [-0.25, -0.2) is 9.97 Å². The first-order valence-electron chi connectivity index (χ1n) is 4.42. The lowest BCUT2D eigenvalue weighted by atomic mass is 10.3. The highest BCUT2D eigenvalue weighted by molar-refractivity contribution is 7.18. The van der Waals surface area contributed by atoms with E-state index < -0.39 is 0 Å². The summed E-state index contributed by atoms with van der Waals surface area (Å²) in [5, 5.41) is 0.594. The maximum absolute atomic E-state index is 5.59. The molecule has 2 heterocycles. The van der Waals surface area contributed by atoms with E-state index in [0.29, 0.717) is 11.2 Å². The normalized spacial score (nSPS) is 11.1. The van der Waals surface area contributed by atoms with Crippen LogP contribution in [0, 0.1) is 0 Å². The number of imidazole rings is 1. The van der Waals surface area contributed by atoms with Crippen LogP contribution in [0.1, 0.15) is 19.9 Å². The van der Waals surface area contributed by atoms with Gasteiger partial charge >= 0.3 is 0 Å². The van der Waals surface area contributed by atoms with Crippen molar-refractivity contribution in [1.82, 2.24) is 14.5 Å². The van der Waals surface area contributed by atoms with Gasteiger partial charge in [-0.2, -0.15) is 0 Å². The SMILES string of the molecule is CC(C)n1cncc1-c1cnc(N)s1. The van der Waals surface area contributed by atoms with Crippen molar-refractivity contribution >= 4 is 16.5 Å². The molecule has 2 rings (SSSR count). The van der Waals surface area contributed by atoms with Crippen LogP contribution in [0.15, 0.2) is 18.7 Å². The molecule has 14 heavy (non-hydrogen) atoms. The van der Waals surface area contributed by atoms with Crippen LogP contribution in [0.5, 0.6) is 0 Å². The van der Waals surface area contributed by atoms with Gasteiger partial charge in [-0.15, -0.1) is 0 Å². The summed E-state index contributed by atoms with van der Waals surface area (Å²) in [6.45, 7) is 4.24. The van der Waals surface area contributed by atoms with Gasteiger partial charge in [-0.1, -0.05) is 11.3 Å². The number of hydrogen-bond donors (Lipinski definition) is 1. The predicted octanol–water partition coefficient (Wildman–Crippen LogP) is 2.17. The van der Waals surface area contributed by atoms with Crippen molar-refractivity contribution in [3.8, 4) is 10.6 Å². The van der Waals surface area contributed by atoms with Gasteiger partial charge in [0.05, 0.1) is 23.1 Å². The number of hydrogen-bond acceptors (Lipinski definition) is 4. The van der Waals surface area contributed by atoms with Crippen LogP contribution in [-0.4, -0.2) is 14.5 Å². The number of anilines is 1. The molecule has 0 aliphatic rings. The molecule has 0 bridgehead atoms. The zero-order valence-corrected chi connectivity index (χ0v) is 8.95. The van der Waals surface area contributed by atoms with Gasteiger partial charge in [0, 0.05) is 12.2 Å². The van der Waals surface area contributed by atoms with E-state index >= 15 is 0 Å². The molecule has 2 aromatic rings. The molecule has 0 aliphatic carbocycles. The molecule has 2 N–H and O–H groups in total. The fraction of sp³-hybridized carbons (Fsp3) is 0.333. The third-order valence-electron chi connectivity index (χ3n) is 2.00. The second-order valence-corrected chi connectivity index (χ2v) is 4.40. The van der Waals surface area contributed by atoms with E-state index in [4.69, 9.17) is 5.73 Å². The Bertz CT molecular complexity index is 429.